The van der Waals surface area contributed by atoms with Crippen LogP contribution in [0.1, 0.15) is 62.5 Å². The average Bonchev–Trinajstić information content (AvgIpc) is 3.51. The lowest BCUT2D eigenvalue weighted by atomic mass is 9.84. The van der Waals surface area contributed by atoms with E-state index in [2.05, 4.69) is 16.0 Å². The van der Waals surface area contributed by atoms with Crippen molar-refractivity contribution in [3.05, 3.63) is 59.7 Å². The van der Waals surface area contributed by atoms with Gasteiger partial charge in [0.25, 0.3) is 5.91 Å². The van der Waals surface area contributed by atoms with E-state index in [-0.39, 0.29) is 18.2 Å². The number of carbonyl (C=O) groups is 4. The fourth-order valence-electron chi connectivity index (χ4n) is 6.51. The SMILES string of the molecule is O=C1NCC[C@@H]1C[C@H](NC(=O)[C@@H](CC1CCCCC1)NC(=O)C1(O)c2ccccc2-c2ccccc21)C(=O)CO. The summed E-state index contributed by atoms with van der Waals surface area (Å²) < 4.78 is 0. The Bertz CT molecular complexity index is 1240. The summed E-state index contributed by atoms with van der Waals surface area (Å²) in [7, 11) is 0. The number of hydrogen-bond acceptors (Lipinski definition) is 6. The molecule has 3 atom stereocenters. The van der Waals surface area contributed by atoms with Crippen LogP contribution in [-0.2, 0) is 24.8 Å². The Morgan fingerprint density at radius 3 is 2.08 bits per heavy atom. The Kier molecular flexibility index (Phi) is 8.32. The van der Waals surface area contributed by atoms with E-state index in [9.17, 15) is 29.4 Å². The van der Waals surface area contributed by atoms with Crippen molar-refractivity contribution < 1.29 is 29.4 Å². The molecule has 2 aromatic carbocycles. The van der Waals surface area contributed by atoms with Gasteiger partial charge in [0.2, 0.25) is 11.8 Å². The number of hydrogen-bond donors (Lipinski definition) is 5. The van der Waals surface area contributed by atoms with E-state index in [1.165, 1.54) is 0 Å². The average molecular weight is 548 g/mol. The number of benzene rings is 2. The molecular weight excluding hydrogens is 510 g/mol. The minimum absolute atomic E-state index is 0.0751. The second-order valence-corrected chi connectivity index (χ2v) is 11.3. The van der Waals surface area contributed by atoms with Crippen molar-refractivity contribution in [2.75, 3.05) is 13.2 Å². The normalized spacial score (nSPS) is 21.1. The lowest BCUT2D eigenvalue weighted by molar-refractivity contribution is -0.140. The predicted octanol–water partition coefficient (Wildman–Crippen LogP) is 1.93. The largest absolute Gasteiger partial charge is 0.389 e. The fourth-order valence-corrected chi connectivity index (χ4v) is 6.51. The summed E-state index contributed by atoms with van der Waals surface area (Å²) in [5, 5.41) is 29.8. The number of rotatable bonds is 10. The van der Waals surface area contributed by atoms with Crippen LogP contribution in [-0.4, -0.2) is 59.0 Å². The van der Waals surface area contributed by atoms with Crippen LogP contribution in [0.4, 0.5) is 0 Å². The van der Waals surface area contributed by atoms with E-state index < -0.39 is 47.8 Å². The van der Waals surface area contributed by atoms with E-state index in [0.29, 0.717) is 30.5 Å². The highest BCUT2D eigenvalue weighted by molar-refractivity contribution is 6.01. The molecule has 0 aromatic heterocycles. The van der Waals surface area contributed by atoms with Gasteiger partial charge in [-0.3, -0.25) is 19.2 Å². The van der Waals surface area contributed by atoms with Crippen LogP contribution >= 0.6 is 0 Å². The molecule has 0 radical (unpaired) electrons. The molecule has 9 nitrogen and oxygen atoms in total. The second kappa shape index (κ2) is 11.9. The molecule has 2 aliphatic carbocycles. The van der Waals surface area contributed by atoms with Gasteiger partial charge in [-0.2, -0.15) is 0 Å². The molecule has 212 valence electrons. The monoisotopic (exact) mass is 547 g/mol. The first kappa shape index (κ1) is 28.0. The van der Waals surface area contributed by atoms with Gasteiger partial charge < -0.3 is 26.2 Å². The Morgan fingerprint density at radius 1 is 0.875 bits per heavy atom. The second-order valence-electron chi connectivity index (χ2n) is 11.3. The van der Waals surface area contributed by atoms with Gasteiger partial charge in [0.1, 0.15) is 12.6 Å². The molecule has 5 N–H and O–H groups in total. The van der Waals surface area contributed by atoms with Gasteiger partial charge in [0, 0.05) is 23.6 Å². The number of aliphatic hydroxyl groups excluding tert-OH is 1. The molecule has 1 saturated heterocycles. The number of Topliss-reactive ketones (excluding diaryl/α,β-unsaturated/α-hetero) is 1. The molecular formula is C31H37N3O6. The van der Waals surface area contributed by atoms with Crippen LogP contribution < -0.4 is 16.0 Å². The van der Waals surface area contributed by atoms with Gasteiger partial charge in [-0.25, -0.2) is 0 Å². The standard InChI is InChI=1S/C31H37N3O6/c35-18-27(36)25(17-20-14-15-32-28(20)37)33-29(38)26(16-19-8-2-1-3-9-19)34-30(39)31(40)23-12-6-4-10-21(23)22-11-5-7-13-24(22)31/h4-7,10-13,19-20,25-26,35,40H,1-3,8-9,14-18H2,(H,32,37)(H,33,38)(H,34,39)/t20-,25+,26-/m1/s1. The number of nitrogens with one attached hydrogen (secondary N) is 3. The molecule has 3 amide bonds. The Labute approximate surface area is 233 Å². The topological polar surface area (TPSA) is 145 Å². The van der Waals surface area contributed by atoms with Gasteiger partial charge in [-0.1, -0.05) is 80.6 Å². The van der Waals surface area contributed by atoms with Gasteiger partial charge >= 0.3 is 0 Å². The van der Waals surface area contributed by atoms with E-state index in [4.69, 9.17) is 0 Å². The zero-order chi connectivity index (χ0) is 28.3. The summed E-state index contributed by atoms with van der Waals surface area (Å²) in [5.74, 6) is -2.28. The molecule has 1 aliphatic heterocycles. The molecule has 2 fully saturated rings. The first-order valence-corrected chi connectivity index (χ1v) is 14.3. The van der Waals surface area contributed by atoms with Crippen molar-refractivity contribution in [2.24, 2.45) is 11.8 Å². The van der Waals surface area contributed by atoms with Crippen molar-refractivity contribution in [3.8, 4) is 11.1 Å². The summed E-state index contributed by atoms with van der Waals surface area (Å²) in [5.41, 5.74) is 0.428. The van der Waals surface area contributed by atoms with E-state index in [1.54, 1.807) is 24.3 Å². The third kappa shape index (κ3) is 5.40. The predicted molar refractivity (Wildman–Crippen MR) is 148 cm³/mol. The third-order valence-electron chi connectivity index (χ3n) is 8.71. The maximum atomic E-state index is 13.9. The van der Waals surface area contributed by atoms with Crippen molar-refractivity contribution in [3.63, 3.8) is 0 Å². The number of amides is 3. The molecule has 1 heterocycles. The summed E-state index contributed by atoms with van der Waals surface area (Å²) >= 11 is 0. The number of fused-ring (bicyclic) bond motifs is 3. The van der Waals surface area contributed by atoms with Crippen LogP contribution in [0.2, 0.25) is 0 Å². The Hall–Kier alpha value is -3.56. The summed E-state index contributed by atoms with van der Waals surface area (Å²) in [6.45, 7) is -0.272. The summed E-state index contributed by atoms with van der Waals surface area (Å²) in [4.78, 5) is 52.4. The smallest absolute Gasteiger partial charge is 0.262 e. The number of aliphatic hydroxyl groups is 2. The molecule has 1 saturated carbocycles. The lowest BCUT2D eigenvalue weighted by Gasteiger charge is -2.31. The highest BCUT2D eigenvalue weighted by Gasteiger charge is 2.48. The molecule has 3 aliphatic rings. The van der Waals surface area contributed by atoms with Crippen LogP contribution in [0.5, 0.6) is 0 Å². The first-order valence-electron chi connectivity index (χ1n) is 14.3. The molecule has 40 heavy (non-hydrogen) atoms. The number of ketones is 1. The highest BCUT2D eigenvalue weighted by Crippen LogP contribution is 2.47. The molecule has 5 rings (SSSR count). The van der Waals surface area contributed by atoms with Crippen LogP contribution in [0.15, 0.2) is 48.5 Å². The van der Waals surface area contributed by atoms with Gasteiger partial charge in [0.15, 0.2) is 11.4 Å². The van der Waals surface area contributed by atoms with Crippen molar-refractivity contribution >= 4 is 23.5 Å². The molecule has 0 bridgehead atoms. The summed E-state index contributed by atoms with van der Waals surface area (Å²) in [6, 6.07) is 12.3. The molecule has 0 unspecified atom stereocenters. The van der Waals surface area contributed by atoms with Gasteiger partial charge in [-0.05, 0) is 36.3 Å². The zero-order valence-corrected chi connectivity index (χ0v) is 22.5. The van der Waals surface area contributed by atoms with Gasteiger partial charge in [0.05, 0.1) is 6.04 Å². The fraction of sp³-hybridized carbons (Fsp3) is 0.484. The highest BCUT2D eigenvalue weighted by atomic mass is 16.3. The van der Waals surface area contributed by atoms with Crippen LogP contribution in [0.3, 0.4) is 0 Å². The number of carbonyl (C=O) groups excluding carboxylic acids is 4. The van der Waals surface area contributed by atoms with Crippen molar-refractivity contribution in [2.45, 2.75) is 69.1 Å². The molecule has 0 spiro atoms. The quantitative estimate of drug-likeness (QED) is 0.307. The lowest BCUT2D eigenvalue weighted by Crippen LogP contribution is -2.56. The van der Waals surface area contributed by atoms with E-state index in [0.717, 1.165) is 43.2 Å². The maximum absolute atomic E-state index is 13.9. The van der Waals surface area contributed by atoms with Crippen LogP contribution in [0.25, 0.3) is 11.1 Å². The molecule has 9 heteroatoms. The zero-order valence-electron chi connectivity index (χ0n) is 22.5. The Morgan fingerprint density at radius 2 is 1.50 bits per heavy atom. The van der Waals surface area contributed by atoms with Crippen LogP contribution in [0, 0.1) is 11.8 Å². The Balaban J connectivity index is 1.41. The summed E-state index contributed by atoms with van der Waals surface area (Å²) in [6.07, 6.45) is 6.04. The van der Waals surface area contributed by atoms with Gasteiger partial charge in [-0.15, -0.1) is 0 Å². The minimum Gasteiger partial charge on any atom is -0.389 e. The maximum Gasteiger partial charge on any atom is 0.262 e. The third-order valence-corrected chi connectivity index (χ3v) is 8.71. The minimum atomic E-state index is -1.99. The van der Waals surface area contributed by atoms with E-state index >= 15 is 0 Å². The van der Waals surface area contributed by atoms with Crippen molar-refractivity contribution in [1.29, 1.82) is 0 Å². The first-order chi connectivity index (χ1) is 19.3. The van der Waals surface area contributed by atoms with Crippen molar-refractivity contribution in [1.82, 2.24) is 16.0 Å². The molecule has 2 aromatic rings. The van der Waals surface area contributed by atoms with E-state index in [1.807, 2.05) is 24.3 Å².